The van der Waals surface area contributed by atoms with Crippen LogP contribution in [0.25, 0.3) is 44.5 Å². The molecule has 0 saturated carbocycles. The summed E-state index contributed by atoms with van der Waals surface area (Å²) in [5, 5.41) is 0. The zero-order valence-electron chi connectivity index (χ0n) is 35.1. The molecular formula is C62H37NO2. The van der Waals surface area contributed by atoms with Gasteiger partial charge in [-0.3, -0.25) is 0 Å². The van der Waals surface area contributed by atoms with Crippen LogP contribution in [0.4, 0.5) is 17.1 Å². The second-order valence-electron chi connectivity index (χ2n) is 17.9. The van der Waals surface area contributed by atoms with E-state index in [4.69, 9.17) is 9.47 Å². The normalized spacial score (nSPS) is 14.6. The Bertz CT molecular complexity index is 3590. The van der Waals surface area contributed by atoms with E-state index in [9.17, 15) is 0 Å². The molecule has 3 nitrogen and oxygen atoms in total. The van der Waals surface area contributed by atoms with Gasteiger partial charge in [-0.05, 0) is 138 Å². The largest absolute Gasteiger partial charge is 0.449 e. The van der Waals surface area contributed by atoms with Gasteiger partial charge in [-0.1, -0.05) is 170 Å². The molecule has 15 rings (SSSR count). The highest BCUT2D eigenvalue weighted by molar-refractivity contribution is 5.98. The van der Waals surface area contributed by atoms with Crippen molar-refractivity contribution in [2.45, 2.75) is 10.8 Å². The average Bonchev–Trinajstić information content (AvgIpc) is 4.04. The van der Waals surface area contributed by atoms with E-state index in [0.29, 0.717) is 17.2 Å². The van der Waals surface area contributed by atoms with Gasteiger partial charge in [-0.2, -0.15) is 0 Å². The second-order valence-corrected chi connectivity index (χ2v) is 17.9. The van der Waals surface area contributed by atoms with E-state index in [-0.39, 0.29) is 0 Å². The fourth-order valence-corrected chi connectivity index (χ4v) is 12.5. The molecule has 4 aliphatic carbocycles. The molecule has 10 aromatic rings. The number of benzene rings is 10. The number of ether oxygens (including phenoxy) is 2. The first-order chi connectivity index (χ1) is 32.2. The smallest absolute Gasteiger partial charge is 0.172 e. The van der Waals surface area contributed by atoms with Gasteiger partial charge in [0, 0.05) is 17.4 Å². The molecule has 0 saturated heterocycles. The van der Waals surface area contributed by atoms with Crippen LogP contribution in [0.3, 0.4) is 0 Å². The van der Waals surface area contributed by atoms with E-state index in [0.717, 1.165) is 22.8 Å². The Morgan fingerprint density at radius 1 is 0.231 bits per heavy atom. The molecule has 5 aliphatic rings. The number of para-hydroxylation sites is 1. The summed E-state index contributed by atoms with van der Waals surface area (Å²) in [7, 11) is 0. The maximum absolute atomic E-state index is 7.06. The van der Waals surface area contributed by atoms with Crippen molar-refractivity contribution in [3.63, 3.8) is 0 Å². The van der Waals surface area contributed by atoms with Gasteiger partial charge in [0.25, 0.3) is 0 Å². The Labute approximate surface area is 377 Å². The van der Waals surface area contributed by atoms with Crippen LogP contribution in [0.2, 0.25) is 0 Å². The minimum absolute atomic E-state index is 0.453. The predicted molar refractivity (Wildman–Crippen MR) is 260 cm³/mol. The lowest BCUT2D eigenvalue weighted by atomic mass is 9.70. The average molecular weight is 828 g/mol. The lowest BCUT2D eigenvalue weighted by Crippen LogP contribution is -2.26. The molecule has 0 N–H and O–H groups in total. The molecule has 0 amide bonds. The zero-order valence-corrected chi connectivity index (χ0v) is 35.1. The van der Waals surface area contributed by atoms with Gasteiger partial charge in [0.1, 0.15) is 0 Å². The molecule has 3 heteroatoms. The summed E-state index contributed by atoms with van der Waals surface area (Å²) in [4.78, 5) is 2.35. The van der Waals surface area contributed by atoms with E-state index in [1.807, 2.05) is 0 Å². The van der Waals surface area contributed by atoms with Crippen LogP contribution >= 0.6 is 0 Å². The Morgan fingerprint density at radius 2 is 0.585 bits per heavy atom. The van der Waals surface area contributed by atoms with Gasteiger partial charge in [0.15, 0.2) is 23.0 Å². The minimum atomic E-state index is -0.478. The van der Waals surface area contributed by atoms with Crippen LogP contribution in [-0.2, 0) is 10.8 Å². The third-order valence-electron chi connectivity index (χ3n) is 14.9. The van der Waals surface area contributed by atoms with Crippen LogP contribution in [0.15, 0.2) is 224 Å². The van der Waals surface area contributed by atoms with Crippen LogP contribution in [0.5, 0.6) is 23.0 Å². The van der Waals surface area contributed by atoms with Gasteiger partial charge in [-0.25, -0.2) is 0 Å². The molecule has 0 atom stereocenters. The summed E-state index contributed by atoms with van der Waals surface area (Å²) < 4.78 is 13.9. The number of fused-ring (bicyclic) bond motifs is 22. The first-order valence-corrected chi connectivity index (χ1v) is 22.5. The first-order valence-electron chi connectivity index (χ1n) is 22.5. The van der Waals surface area contributed by atoms with E-state index >= 15 is 0 Å². The van der Waals surface area contributed by atoms with E-state index in [1.54, 1.807) is 0 Å². The van der Waals surface area contributed by atoms with Crippen LogP contribution in [-0.4, -0.2) is 0 Å². The van der Waals surface area contributed by atoms with Crippen molar-refractivity contribution in [1.82, 2.24) is 0 Å². The highest BCUT2D eigenvalue weighted by atomic mass is 16.6. The van der Waals surface area contributed by atoms with Gasteiger partial charge in [0.05, 0.1) is 16.5 Å². The summed E-state index contributed by atoms with van der Waals surface area (Å²) in [6, 6.07) is 82.1. The molecule has 0 bridgehead atoms. The van der Waals surface area contributed by atoms with Crippen molar-refractivity contribution in [2.24, 2.45) is 0 Å². The summed E-state index contributed by atoms with van der Waals surface area (Å²) in [6.07, 6.45) is 0. The van der Waals surface area contributed by atoms with E-state index in [2.05, 4.69) is 229 Å². The topological polar surface area (TPSA) is 21.7 Å². The molecule has 10 aromatic carbocycles. The third-order valence-corrected chi connectivity index (χ3v) is 14.9. The molecule has 0 aromatic heterocycles. The first kappa shape index (κ1) is 35.1. The summed E-state index contributed by atoms with van der Waals surface area (Å²) in [6.45, 7) is 0. The van der Waals surface area contributed by atoms with Gasteiger partial charge < -0.3 is 14.4 Å². The van der Waals surface area contributed by atoms with Crippen molar-refractivity contribution in [1.29, 1.82) is 0 Å². The molecule has 2 spiro atoms. The summed E-state index contributed by atoms with van der Waals surface area (Å²) >= 11 is 0. The quantitative estimate of drug-likeness (QED) is 0.177. The van der Waals surface area contributed by atoms with Crippen molar-refractivity contribution >= 4 is 17.1 Å². The molecule has 65 heavy (non-hydrogen) atoms. The third kappa shape index (κ3) is 4.35. The molecule has 1 heterocycles. The molecule has 0 radical (unpaired) electrons. The summed E-state index contributed by atoms with van der Waals surface area (Å²) in [5.41, 5.74) is 22.6. The van der Waals surface area contributed by atoms with E-state index in [1.165, 1.54) is 89.0 Å². The van der Waals surface area contributed by atoms with Gasteiger partial charge >= 0.3 is 0 Å². The van der Waals surface area contributed by atoms with Crippen LogP contribution in [0.1, 0.15) is 44.5 Å². The lowest BCUT2D eigenvalue weighted by Gasteiger charge is -2.32. The predicted octanol–water partition coefficient (Wildman–Crippen LogP) is 15.7. The number of hydrogen-bond donors (Lipinski definition) is 0. The molecular weight excluding hydrogens is 791 g/mol. The standard InChI is InChI=1S/C62H37NO2/c1-2-16-38(17-3-1)63(39-30-32-47-45-22-8-14-28-53(45)61(55(47)34-39)49-24-10-4-18-41(49)42-19-5-11-25-50(42)61)40-31-33-57-58(35-40)65-60-37-56-48(36-59(60)64-57)46-23-9-15-29-54(46)62(56)51-26-12-6-20-43(51)44-21-7-13-27-52(44)62/h1-37H. The summed E-state index contributed by atoms with van der Waals surface area (Å²) in [5.74, 6) is 2.80. The van der Waals surface area contributed by atoms with Crippen LogP contribution < -0.4 is 14.4 Å². The lowest BCUT2D eigenvalue weighted by molar-refractivity contribution is 0.359. The van der Waals surface area contributed by atoms with Gasteiger partial charge in [0.2, 0.25) is 0 Å². The highest BCUT2D eigenvalue weighted by Gasteiger charge is 2.53. The van der Waals surface area contributed by atoms with E-state index < -0.39 is 10.8 Å². The van der Waals surface area contributed by atoms with Crippen molar-refractivity contribution in [2.75, 3.05) is 4.90 Å². The molecule has 1 aliphatic heterocycles. The molecule has 302 valence electrons. The fourth-order valence-electron chi connectivity index (χ4n) is 12.5. The maximum Gasteiger partial charge on any atom is 0.172 e. The minimum Gasteiger partial charge on any atom is -0.449 e. The number of rotatable bonds is 3. The highest BCUT2D eigenvalue weighted by Crippen LogP contribution is 2.66. The number of nitrogens with zero attached hydrogens (tertiary/aromatic N) is 1. The monoisotopic (exact) mass is 827 g/mol. The number of anilines is 3. The SMILES string of the molecule is c1ccc(N(c2ccc3c(c2)Oc2cc4c(cc2O3)-c2ccccc2C42c3ccccc3-c3ccccc32)c2ccc3c(c2)C2(c4ccccc4-c4ccccc42)c2ccccc2-3)cc1. The Morgan fingerprint density at radius 3 is 1.09 bits per heavy atom. The zero-order chi connectivity index (χ0) is 42.4. The second kappa shape index (κ2) is 12.6. The van der Waals surface area contributed by atoms with Crippen LogP contribution in [0, 0.1) is 0 Å². The van der Waals surface area contributed by atoms with Gasteiger partial charge in [-0.15, -0.1) is 0 Å². The Balaban J connectivity index is 0.891. The van der Waals surface area contributed by atoms with Crippen molar-refractivity contribution in [3.05, 3.63) is 269 Å². The maximum atomic E-state index is 7.06. The van der Waals surface area contributed by atoms with Crippen molar-refractivity contribution < 1.29 is 9.47 Å². The van der Waals surface area contributed by atoms with Crippen molar-refractivity contribution in [3.8, 4) is 67.5 Å². The Kier molecular flexibility index (Phi) is 6.82. The Hall–Kier alpha value is -8.40. The fraction of sp³-hybridized carbons (Fsp3) is 0.0323. The number of hydrogen-bond acceptors (Lipinski definition) is 3. The molecule has 0 unspecified atom stereocenters. The molecule has 0 fully saturated rings.